The molecule has 0 amide bonds. The van der Waals surface area contributed by atoms with Crippen LogP contribution in [0.2, 0.25) is 0 Å². The predicted octanol–water partition coefficient (Wildman–Crippen LogP) is 4.66. The van der Waals surface area contributed by atoms with Crippen molar-refractivity contribution in [1.82, 2.24) is 0 Å². The Morgan fingerprint density at radius 1 is 1.05 bits per heavy atom. The van der Waals surface area contributed by atoms with E-state index in [1.807, 2.05) is 38.1 Å². The molecule has 0 saturated carbocycles. The van der Waals surface area contributed by atoms with Crippen molar-refractivity contribution in [3.63, 3.8) is 0 Å². The number of hydrogen-bond acceptors (Lipinski definition) is 2. The minimum Gasteiger partial charge on any atom is -0.258 e. The average molecular weight is 257 g/mol. The van der Waals surface area contributed by atoms with E-state index in [2.05, 4.69) is 20.8 Å². The Hall–Kier alpha value is -1.90. The molecular weight excluding hydrogens is 238 g/mol. The van der Waals surface area contributed by atoms with E-state index < -0.39 is 0 Å². The Labute approximate surface area is 113 Å². The van der Waals surface area contributed by atoms with Crippen LogP contribution in [0.5, 0.6) is 0 Å². The standard InChI is InChI=1S/C16H19NO2/c1-10-6-7-12-13(8-10)14(16(3,4)5)9-11(2)15(12)17(18)19/h6-9H,1-5H3. The zero-order valence-corrected chi connectivity index (χ0v) is 12.1. The van der Waals surface area contributed by atoms with Crippen LogP contribution >= 0.6 is 0 Å². The van der Waals surface area contributed by atoms with Gasteiger partial charge in [0.15, 0.2) is 0 Å². The summed E-state index contributed by atoms with van der Waals surface area (Å²) < 4.78 is 0. The van der Waals surface area contributed by atoms with Gasteiger partial charge in [0, 0.05) is 5.56 Å². The van der Waals surface area contributed by atoms with Crippen LogP contribution in [0, 0.1) is 24.0 Å². The lowest BCUT2D eigenvalue weighted by atomic mass is 9.82. The van der Waals surface area contributed by atoms with Crippen molar-refractivity contribution in [2.24, 2.45) is 0 Å². The van der Waals surface area contributed by atoms with Crippen molar-refractivity contribution < 1.29 is 4.92 Å². The van der Waals surface area contributed by atoms with Crippen molar-refractivity contribution in [3.05, 3.63) is 51.1 Å². The summed E-state index contributed by atoms with van der Waals surface area (Å²) in [6.45, 7) is 10.2. The fourth-order valence-corrected chi connectivity index (χ4v) is 2.53. The normalized spacial score (nSPS) is 11.8. The summed E-state index contributed by atoms with van der Waals surface area (Å²) in [6, 6.07) is 7.80. The molecule has 3 nitrogen and oxygen atoms in total. The van der Waals surface area contributed by atoms with Gasteiger partial charge in [0.05, 0.1) is 10.3 Å². The third-order valence-corrected chi connectivity index (χ3v) is 3.45. The van der Waals surface area contributed by atoms with E-state index >= 15 is 0 Å². The maximum Gasteiger partial charge on any atom is 0.280 e. The Morgan fingerprint density at radius 3 is 2.21 bits per heavy atom. The lowest BCUT2D eigenvalue weighted by Gasteiger charge is -2.22. The molecule has 2 aromatic carbocycles. The third-order valence-electron chi connectivity index (χ3n) is 3.45. The highest BCUT2D eigenvalue weighted by Crippen LogP contribution is 2.37. The molecule has 0 unspecified atom stereocenters. The van der Waals surface area contributed by atoms with Crippen LogP contribution in [0.25, 0.3) is 10.8 Å². The quantitative estimate of drug-likeness (QED) is 0.550. The second kappa shape index (κ2) is 4.34. The molecule has 0 saturated heterocycles. The van der Waals surface area contributed by atoms with Gasteiger partial charge < -0.3 is 0 Å². The molecule has 3 heteroatoms. The van der Waals surface area contributed by atoms with Crippen LogP contribution in [0.15, 0.2) is 24.3 Å². The maximum absolute atomic E-state index is 11.3. The van der Waals surface area contributed by atoms with E-state index in [1.54, 1.807) is 0 Å². The number of rotatable bonds is 1. The average Bonchev–Trinajstić information content (AvgIpc) is 2.26. The first-order chi connectivity index (χ1) is 8.71. The zero-order valence-electron chi connectivity index (χ0n) is 12.1. The van der Waals surface area contributed by atoms with Gasteiger partial charge in [0.2, 0.25) is 0 Å². The molecule has 2 aromatic rings. The van der Waals surface area contributed by atoms with E-state index in [-0.39, 0.29) is 16.0 Å². The summed E-state index contributed by atoms with van der Waals surface area (Å²) in [6.07, 6.45) is 0. The highest BCUT2D eigenvalue weighted by molar-refractivity contribution is 5.95. The largest absolute Gasteiger partial charge is 0.280 e. The molecule has 19 heavy (non-hydrogen) atoms. The molecule has 0 atom stereocenters. The molecule has 0 aliphatic heterocycles. The van der Waals surface area contributed by atoms with E-state index in [0.717, 1.165) is 27.5 Å². The zero-order chi connectivity index (χ0) is 14.4. The summed E-state index contributed by atoms with van der Waals surface area (Å²) in [4.78, 5) is 11.0. The smallest absolute Gasteiger partial charge is 0.258 e. The van der Waals surface area contributed by atoms with Crippen LogP contribution in [-0.4, -0.2) is 4.92 Å². The number of benzene rings is 2. The first kappa shape index (κ1) is 13.5. The van der Waals surface area contributed by atoms with Crippen LogP contribution in [-0.2, 0) is 5.41 Å². The van der Waals surface area contributed by atoms with Crippen LogP contribution in [0.4, 0.5) is 5.69 Å². The minimum atomic E-state index is -0.278. The molecule has 2 rings (SSSR count). The highest BCUT2D eigenvalue weighted by atomic mass is 16.6. The van der Waals surface area contributed by atoms with Crippen LogP contribution in [0.3, 0.4) is 0 Å². The first-order valence-electron chi connectivity index (χ1n) is 6.40. The first-order valence-corrected chi connectivity index (χ1v) is 6.40. The SMILES string of the molecule is Cc1ccc2c([N+](=O)[O-])c(C)cc(C(C)(C)C)c2c1. The van der Waals surface area contributed by atoms with Gasteiger partial charge >= 0.3 is 0 Å². The van der Waals surface area contributed by atoms with Gasteiger partial charge in [-0.25, -0.2) is 0 Å². The molecule has 0 aliphatic rings. The van der Waals surface area contributed by atoms with Crippen LogP contribution in [0.1, 0.15) is 37.5 Å². The Balaban J connectivity index is 2.98. The number of nitrogens with zero attached hydrogens (tertiary/aromatic N) is 1. The summed E-state index contributed by atoms with van der Waals surface area (Å²) in [7, 11) is 0. The van der Waals surface area contributed by atoms with Crippen molar-refractivity contribution >= 4 is 16.5 Å². The summed E-state index contributed by atoms with van der Waals surface area (Å²) in [5.74, 6) is 0. The topological polar surface area (TPSA) is 43.1 Å². The second-order valence-corrected chi connectivity index (χ2v) is 6.15. The molecule has 100 valence electrons. The fourth-order valence-electron chi connectivity index (χ4n) is 2.53. The van der Waals surface area contributed by atoms with Gasteiger partial charge in [-0.15, -0.1) is 0 Å². The van der Waals surface area contributed by atoms with Crippen molar-refractivity contribution in [1.29, 1.82) is 0 Å². The Bertz CT molecular complexity index is 666. The lowest BCUT2D eigenvalue weighted by Crippen LogP contribution is -2.13. The summed E-state index contributed by atoms with van der Waals surface area (Å²) in [5, 5.41) is 13.0. The van der Waals surface area contributed by atoms with Gasteiger partial charge in [0.25, 0.3) is 5.69 Å². The maximum atomic E-state index is 11.3. The molecule has 0 aromatic heterocycles. The molecule has 0 bridgehead atoms. The van der Waals surface area contributed by atoms with Crippen molar-refractivity contribution in [2.75, 3.05) is 0 Å². The highest BCUT2D eigenvalue weighted by Gasteiger charge is 2.24. The Kier molecular flexibility index (Phi) is 3.09. The lowest BCUT2D eigenvalue weighted by molar-refractivity contribution is -0.383. The van der Waals surface area contributed by atoms with Gasteiger partial charge in [0.1, 0.15) is 0 Å². The van der Waals surface area contributed by atoms with Gasteiger partial charge in [-0.05, 0) is 42.3 Å². The number of hydrogen-bond donors (Lipinski definition) is 0. The van der Waals surface area contributed by atoms with E-state index in [4.69, 9.17) is 0 Å². The second-order valence-electron chi connectivity index (χ2n) is 6.15. The Morgan fingerprint density at radius 2 is 1.68 bits per heavy atom. The van der Waals surface area contributed by atoms with E-state index in [9.17, 15) is 10.1 Å². The molecule has 0 radical (unpaired) electrons. The number of fused-ring (bicyclic) bond motifs is 1. The monoisotopic (exact) mass is 257 g/mol. The van der Waals surface area contributed by atoms with E-state index in [1.165, 1.54) is 0 Å². The van der Waals surface area contributed by atoms with Crippen molar-refractivity contribution in [3.8, 4) is 0 Å². The van der Waals surface area contributed by atoms with Crippen molar-refractivity contribution in [2.45, 2.75) is 40.0 Å². The van der Waals surface area contributed by atoms with Gasteiger partial charge in [-0.3, -0.25) is 10.1 Å². The molecule has 0 aliphatic carbocycles. The van der Waals surface area contributed by atoms with Gasteiger partial charge in [-0.2, -0.15) is 0 Å². The number of aryl methyl sites for hydroxylation is 2. The van der Waals surface area contributed by atoms with Gasteiger partial charge in [-0.1, -0.05) is 38.5 Å². The number of nitro benzene ring substituents is 1. The molecule has 0 heterocycles. The molecule has 0 spiro atoms. The molecular formula is C16H19NO2. The third kappa shape index (κ3) is 2.33. The summed E-state index contributed by atoms with van der Waals surface area (Å²) >= 11 is 0. The molecule has 0 fully saturated rings. The molecule has 0 N–H and O–H groups in total. The van der Waals surface area contributed by atoms with Crippen LogP contribution < -0.4 is 0 Å². The summed E-state index contributed by atoms with van der Waals surface area (Å²) in [5.41, 5.74) is 3.20. The predicted molar refractivity (Wildman–Crippen MR) is 78.8 cm³/mol. The number of nitro groups is 1. The van der Waals surface area contributed by atoms with E-state index in [0.29, 0.717) is 0 Å². The minimum absolute atomic E-state index is 0.0358. The fraction of sp³-hybridized carbons (Fsp3) is 0.375.